The number of hydrogen-bond donors (Lipinski definition) is 1. The molecule has 2 aromatic carbocycles. The first-order valence-corrected chi connectivity index (χ1v) is 10.3. The molecule has 0 aromatic heterocycles. The maximum absolute atomic E-state index is 13.3. The molecule has 0 aliphatic carbocycles. The van der Waals surface area contributed by atoms with E-state index in [1.165, 1.54) is 36.4 Å². The van der Waals surface area contributed by atoms with Crippen molar-refractivity contribution in [2.45, 2.75) is 23.8 Å². The fraction of sp³-hybridized carbons (Fsp3) is 0.250. The maximum atomic E-state index is 13.3. The van der Waals surface area contributed by atoms with E-state index in [0.29, 0.717) is 24.9 Å². The molecule has 1 N–H and O–H groups in total. The van der Waals surface area contributed by atoms with Gasteiger partial charge in [-0.05, 0) is 54.8 Å². The summed E-state index contributed by atoms with van der Waals surface area (Å²) in [5.41, 5.74) is 0.690. The van der Waals surface area contributed by atoms with Gasteiger partial charge in [-0.15, -0.1) is 0 Å². The Kier molecular flexibility index (Phi) is 6.21. The third-order valence-electron chi connectivity index (χ3n) is 4.45. The summed E-state index contributed by atoms with van der Waals surface area (Å²) in [5.74, 6) is -1.24. The van der Waals surface area contributed by atoms with Crippen LogP contribution in [0.2, 0.25) is 0 Å². The highest BCUT2D eigenvalue weighted by atomic mass is 32.2. The van der Waals surface area contributed by atoms with Crippen LogP contribution in [0.5, 0.6) is 0 Å². The van der Waals surface area contributed by atoms with E-state index >= 15 is 0 Å². The number of rotatable bonds is 5. The van der Waals surface area contributed by atoms with Gasteiger partial charge >= 0.3 is 0 Å². The lowest BCUT2D eigenvalue weighted by atomic mass is 10.1. The highest BCUT2D eigenvalue weighted by molar-refractivity contribution is 7.89. The van der Waals surface area contributed by atoms with Crippen molar-refractivity contribution in [3.8, 4) is 0 Å². The van der Waals surface area contributed by atoms with E-state index in [1.54, 1.807) is 23.1 Å². The van der Waals surface area contributed by atoms with E-state index in [9.17, 15) is 22.0 Å². The maximum Gasteiger partial charge on any atom is 0.246 e. The third kappa shape index (κ3) is 5.24. The Morgan fingerprint density at radius 2 is 1.86 bits per heavy atom. The number of likely N-dealkylation sites (tertiary alicyclic amines) is 1. The Hall–Kier alpha value is -2.58. The average molecular weight is 406 g/mol. The molecule has 0 bridgehead atoms. The van der Waals surface area contributed by atoms with Crippen LogP contribution >= 0.6 is 0 Å². The van der Waals surface area contributed by atoms with Gasteiger partial charge in [0.15, 0.2) is 0 Å². The summed E-state index contributed by atoms with van der Waals surface area (Å²) in [6.45, 7) is 0.742. The fourth-order valence-electron chi connectivity index (χ4n) is 3.04. The molecule has 1 unspecified atom stereocenters. The summed E-state index contributed by atoms with van der Waals surface area (Å²) in [5, 5.41) is 0. The quantitative estimate of drug-likeness (QED) is 0.777. The molecule has 8 heteroatoms. The first kappa shape index (κ1) is 20.2. The van der Waals surface area contributed by atoms with Crippen LogP contribution < -0.4 is 4.72 Å². The zero-order valence-electron chi connectivity index (χ0n) is 15.0. The molecule has 28 heavy (non-hydrogen) atoms. The van der Waals surface area contributed by atoms with Crippen LogP contribution in [0.3, 0.4) is 0 Å². The topological polar surface area (TPSA) is 66.5 Å². The van der Waals surface area contributed by atoms with Crippen LogP contribution in [-0.4, -0.2) is 38.4 Å². The summed E-state index contributed by atoms with van der Waals surface area (Å²) in [6, 6.07) is 10.1. The van der Waals surface area contributed by atoms with Crippen molar-refractivity contribution in [3.63, 3.8) is 0 Å². The molecule has 1 aliphatic heterocycles. The Morgan fingerprint density at radius 3 is 2.57 bits per heavy atom. The molecule has 148 valence electrons. The molecule has 0 radical (unpaired) electrons. The highest BCUT2D eigenvalue weighted by Gasteiger charge is 2.27. The Bertz CT molecular complexity index is 975. The monoisotopic (exact) mass is 406 g/mol. The smallest absolute Gasteiger partial charge is 0.246 e. The van der Waals surface area contributed by atoms with Gasteiger partial charge in [0.25, 0.3) is 0 Å². The Labute approximate surface area is 162 Å². The second-order valence-corrected chi connectivity index (χ2v) is 8.30. The Morgan fingerprint density at radius 1 is 1.11 bits per heavy atom. The molecule has 5 nitrogen and oxygen atoms in total. The van der Waals surface area contributed by atoms with E-state index in [4.69, 9.17) is 0 Å². The number of piperidine rings is 1. The van der Waals surface area contributed by atoms with Crippen molar-refractivity contribution in [3.05, 3.63) is 71.8 Å². The van der Waals surface area contributed by atoms with Crippen molar-refractivity contribution < 1.29 is 22.0 Å². The van der Waals surface area contributed by atoms with E-state index in [1.807, 2.05) is 0 Å². The van der Waals surface area contributed by atoms with Crippen LogP contribution in [-0.2, 0) is 14.8 Å². The molecule has 0 saturated carbocycles. The lowest BCUT2D eigenvalue weighted by Gasteiger charge is -2.32. The van der Waals surface area contributed by atoms with E-state index in [2.05, 4.69) is 4.72 Å². The molecule has 0 spiro atoms. The zero-order chi connectivity index (χ0) is 20.1. The molecule has 2 aromatic rings. The molecule has 1 aliphatic rings. The van der Waals surface area contributed by atoms with Gasteiger partial charge in [-0.25, -0.2) is 21.9 Å². The number of hydrogen-bond acceptors (Lipinski definition) is 3. The van der Waals surface area contributed by atoms with Crippen molar-refractivity contribution in [1.82, 2.24) is 9.62 Å². The molecular weight excluding hydrogens is 386 g/mol. The molecule has 1 atom stereocenters. The van der Waals surface area contributed by atoms with Crippen molar-refractivity contribution >= 4 is 22.0 Å². The average Bonchev–Trinajstić information content (AvgIpc) is 2.67. The minimum absolute atomic E-state index is 0.146. The third-order valence-corrected chi connectivity index (χ3v) is 5.97. The van der Waals surface area contributed by atoms with Crippen molar-refractivity contribution in [2.75, 3.05) is 13.1 Å². The van der Waals surface area contributed by atoms with E-state index < -0.39 is 21.9 Å². The first-order valence-electron chi connectivity index (χ1n) is 8.84. The zero-order valence-corrected chi connectivity index (χ0v) is 15.8. The minimum atomic E-state index is -3.87. The summed E-state index contributed by atoms with van der Waals surface area (Å²) >= 11 is 0. The van der Waals surface area contributed by atoms with E-state index in [0.717, 1.165) is 6.07 Å². The van der Waals surface area contributed by atoms with Crippen molar-refractivity contribution in [1.29, 1.82) is 0 Å². The summed E-state index contributed by atoms with van der Waals surface area (Å²) in [6.07, 6.45) is 4.20. The van der Waals surface area contributed by atoms with Crippen LogP contribution in [0.15, 0.2) is 59.5 Å². The number of nitrogens with zero attached hydrogens (tertiary/aromatic N) is 1. The largest absolute Gasteiger partial charge is 0.338 e. The van der Waals surface area contributed by atoms with Crippen LogP contribution in [0.1, 0.15) is 18.4 Å². The highest BCUT2D eigenvalue weighted by Crippen LogP contribution is 2.16. The molecule has 1 fully saturated rings. The van der Waals surface area contributed by atoms with Gasteiger partial charge < -0.3 is 4.90 Å². The fourth-order valence-corrected chi connectivity index (χ4v) is 4.33. The standard InChI is InChI=1S/C20H20F2N2O3S/c21-16-9-6-15(7-10-16)8-11-20(25)24-12-2-4-18(14-24)23-28(26,27)19-5-1-3-17(22)13-19/h1,3,5-11,13,18,23H,2,4,12,14H2/b11-8+. The Balaban J connectivity index is 1.63. The lowest BCUT2D eigenvalue weighted by molar-refractivity contribution is -0.127. The predicted octanol–water partition coefficient (Wildman–Crippen LogP) is 2.95. The summed E-state index contributed by atoms with van der Waals surface area (Å²) in [7, 11) is -3.87. The number of benzene rings is 2. The van der Waals surface area contributed by atoms with Gasteiger partial charge in [0.1, 0.15) is 11.6 Å². The number of carbonyl (C=O) groups excluding carboxylic acids is 1. The van der Waals surface area contributed by atoms with Gasteiger partial charge in [-0.3, -0.25) is 4.79 Å². The number of halogens is 2. The van der Waals surface area contributed by atoms with Gasteiger partial charge in [-0.2, -0.15) is 0 Å². The van der Waals surface area contributed by atoms with Gasteiger partial charge in [0.2, 0.25) is 15.9 Å². The lowest BCUT2D eigenvalue weighted by Crippen LogP contribution is -2.49. The van der Waals surface area contributed by atoms with Crippen LogP contribution in [0, 0.1) is 11.6 Å². The van der Waals surface area contributed by atoms with Crippen LogP contribution in [0.25, 0.3) is 6.08 Å². The molecular formula is C20H20F2N2O3S. The van der Waals surface area contributed by atoms with Gasteiger partial charge in [-0.1, -0.05) is 18.2 Å². The first-order chi connectivity index (χ1) is 13.3. The predicted molar refractivity (Wildman–Crippen MR) is 102 cm³/mol. The number of carbonyl (C=O) groups is 1. The second kappa shape index (κ2) is 8.62. The normalized spacial score (nSPS) is 17.8. The molecule has 1 heterocycles. The van der Waals surface area contributed by atoms with Crippen LogP contribution in [0.4, 0.5) is 8.78 Å². The molecule has 1 amide bonds. The molecule has 3 rings (SSSR count). The SMILES string of the molecule is O=C(/C=C/c1ccc(F)cc1)N1CCCC(NS(=O)(=O)c2cccc(F)c2)C1. The van der Waals surface area contributed by atoms with Crippen molar-refractivity contribution in [2.24, 2.45) is 0 Å². The minimum Gasteiger partial charge on any atom is -0.338 e. The van der Waals surface area contributed by atoms with E-state index in [-0.39, 0.29) is 23.2 Å². The number of sulfonamides is 1. The summed E-state index contributed by atoms with van der Waals surface area (Å²) < 4.78 is 53.7. The number of nitrogens with one attached hydrogen (secondary N) is 1. The number of amides is 1. The second-order valence-electron chi connectivity index (χ2n) is 6.59. The molecule has 1 saturated heterocycles. The van der Waals surface area contributed by atoms with Gasteiger partial charge in [0, 0.05) is 25.2 Å². The van der Waals surface area contributed by atoms with Gasteiger partial charge in [0.05, 0.1) is 4.90 Å². The summed E-state index contributed by atoms with van der Waals surface area (Å²) in [4.78, 5) is 13.8.